The van der Waals surface area contributed by atoms with E-state index in [0.717, 1.165) is 89.9 Å². The lowest BCUT2D eigenvalue weighted by atomic mass is 9.88. The molecular formula is C51H94N2O23. The second-order valence-corrected chi connectivity index (χ2v) is 21.0. The van der Waals surface area contributed by atoms with E-state index in [0.29, 0.717) is 12.8 Å². The summed E-state index contributed by atoms with van der Waals surface area (Å²) in [5, 5.41) is 144. The molecule has 0 aromatic heterocycles. The molecular weight excluding hydrogens is 1010 g/mol. The highest BCUT2D eigenvalue weighted by Gasteiger charge is 2.53. The highest BCUT2D eigenvalue weighted by Crippen LogP contribution is 2.33. The summed E-state index contributed by atoms with van der Waals surface area (Å²) in [6.45, 7) is -0.473. The molecule has 2 amide bonds. The van der Waals surface area contributed by atoms with Crippen LogP contribution in [0.15, 0.2) is 0 Å². The minimum absolute atomic E-state index is 0.151. The largest absolute Gasteiger partial charge is 0.394 e. The van der Waals surface area contributed by atoms with Crippen LogP contribution in [0.25, 0.3) is 0 Å². The first-order valence-corrected chi connectivity index (χ1v) is 27.7. The Morgan fingerprint density at radius 3 is 1.26 bits per heavy atom. The van der Waals surface area contributed by atoms with E-state index in [-0.39, 0.29) is 44.2 Å². The van der Waals surface area contributed by atoms with Crippen LogP contribution in [0.5, 0.6) is 0 Å². The molecule has 4 rings (SSSR count). The Labute approximate surface area is 446 Å². The third-order valence-corrected chi connectivity index (χ3v) is 14.7. The molecule has 4 saturated heterocycles. The molecule has 25 heteroatoms. The summed E-state index contributed by atoms with van der Waals surface area (Å²) in [5.41, 5.74) is -1.54. The molecule has 0 aromatic carbocycles. The second-order valence-electron chi connectivity index (χ2n) is 21.0. The van der Waals surface area contributed by atoms with Gasteiger partial charge in [0.2, 0.25) is 11.8 Å². The number of ether oxygens (including phenoxy) is 8. The fraction of sp³-hybridized carbons (Fsp3) is 0.961. The molecule has 0 aromatic rings. The lowest BCUT2D eigenvalue weighted by Gasteiger charge is -2.47. The van der Waals surface area contributed by atoms with E-state index in [1.807, 2.05) is 0 Å². The highest BCUT2D eigenvalue weighted by atomic mass is 16.8. The van der Waals surface area contributed by atoms with Crippen molar-refractivity contribution in [3.8, 4) is 0 Å². The number of carbonyl (C=O) groups excluding carboxylic acids is 2. The number of rotatable bonds is 36. The van der Waals surface area contributed by atoms with Crippen LogP contribution in [-0.2, 0) is 47.5 Å². The molecule has 4 fully saturated rings. The topological polar surface area (TPSA) is 395 Å². The summed E-state index contributed by atoms with van der Waals surface area (Å²) in [5.74, 6) is -0.705. The van der Waals surface area contributed by atoms with E-state index < -0.39 is 162 Å². The minimum atomic E-state index is -1.96. The van der Waals surface area contributed by atoms with E-state index in [4.69, 9.17) is 37.9 Å². The van der Waals surface area contributed by atoms with Gasteiger partial charge in [0.05, 0.1) is 51.2 Å². The number of unbranched alkanes of at least 4 members (excludes halogenated alkanes) is 14. The van der Waals surface area contributed by atoms with Crippen molar-refractivity contribution in [3.63, 3.8) is 0 Å². The molecule has 0 bridgehead atoms. The van der Waals surface area contributed by atoms with Crippen LogP contribution in [0.3, 0.4) is 0 Å². The Hall–Kier alpha value is -1.90. The Bertz CT molecular complexity index is 1550. The smallest absolute Gasteiger partial charge is 0.220 e. The van der Waals surface area contributed by atoms with Crippen LogP contribution in [0, 0.1) is 5.41 Å². The normalized spacial score (nSPS) is 35.3. The zero-order chi connectivity index (χ0) is 55.8. The first-order chi connectivity index (χ1) is 36.5. The van der Waals surface area contributed by atoms with E-state index in [1.54, 1.807) is 0 Å². The van der Waals surface area contributed by atoms with Gasteiger partial charge in [-0.15, -0.1) is 0 Å². The minimum Gasteiger partial charge on any atom is -0.394 e. The maximum absolute atomic E-state index is 13.5. The fourth-order valence-electron chi connectivity index (χ4n) is 9.79. The van der Waals surface area contributed by atoms with Crippen molar-refractivity contribution in [2.75, 3.05) is 52.7 Å². The van der Waals surface area contributed by atoms with Gasteiger partial charge in [0, 0.05) is 32.4 Å². The molecule has 12 unspecified atom stereocenters. The van der Waals surface area contributed by atoms with Gasteiger partial charge in [-0.1, -0.05) is 104 Å². The van der Waals surface area contributed by atoms with Crippen molar-refractivity contribution in [2.24, 2.45) is 5.41 Å². The predicted molar refractivity (Wildman–Crippen MR) is 266 cm³/mol. The monoisotopic (exact) mass is 1100 g/mol. The van der Waals surface area contributed by atoms with Crippen molar-refractivity contribution < 1.29 is 114 Å². The molecule has 0 spiro atoms. The predicted octanol–water partition coefficient (Wildman–Crippen LogP) is -2.42. The van der Waals surface area contributed by atoms with Crippen LogP contribution in [0.4, 0.5) is 0 Å². The zero-order valence-corrected chi connectivity index (χ0v) is 44.5. The Kier molecular flexibility index (Phi) is 30.7. The lowest BCUT2D eigenvalue weighted by Crippen LogP contribution is -2.65. The van der Waals surface area contributed by atoms with Crippen LogP contribution in [-0.4, -0.2) is 248 Å². The molecule has 0 radical (unpaired) electrons. The van der Waals surface area contributed by atoms with Gasteiger partial charge in [0.1, 0.15) is 85.5 Å². The standard InChI is InChI=1S/C51H94N2O23/c1-3-5-7-9-11-13-15-17-19-35(59)52-26-51(27-53-36(60)20-18-16-14-12-10-8-6-4-2,28-69-48-44(67)41(64)46(33(24-56)73-48)75-37-21-30(58)38(61)31(22-54)71-37)29-70-49-45(68)42(65)47(34(25-57)74-49)76-50-43(66)40(63)39(62)32(23-55)72-50/h30-34,37-50,54-58,61-68H,3-29H2,1-2H3,(H,52,59)(H,53,60)/t30?,31?,32?,33?,34?,37-,38+,39-,40?,41?,42?,43?,44+,45?,46-,47-,48+,49?,50?/m1/s1. The first-order valence-electron chi connectivity index (χ1n) is 27.7. The van der Waals surface area contributed by atoms with E-state index in [2.05, 4.69) is 24.5 Å². The van der Waals surface area contributed by atoms with Gasteiger partial charge in [0.25, 0.3) is 0 Å². The van der Waals surface area contributed by atoms with Crippen LogP contribution < -0.4 is 10.6 Å². The number of aliphatic hydroxyl groups is 13. The Morgan fingerprint density at radius 1 is 0.447 bits per heavy atom. The number of hydrogen-bond donors (Lipinski definition) is 15. The van der Waals surface area contributed by atoms with Gasteiger partial charge in [0.15, 0.2) is 25.2 Å². The average molecular weight is 1100 g/mol. The number of aliphatic hydroxyl groups excluding tert-OH is 13. The van der Waals surface area contributed by atoms with Crippen molar-refractivity contribution in [1.29, 1.82) is 0 Å². The molecule has 446 valence electrons. The van der Waals surface area contributed by atoms with E-state index >= 15 is 0 Å². The lowest BCUT2D eigenvalue weighted by molar-refractivity contribution is -0.362. The summed E-state index contributed by atoms with van der Waals surface area (Å²) >= 11 is 0. The summed E-state index contributed by atoms with van der Waals surface area (Å²) in [4.78, 5) is 27.1. The maximum atomic E-state index is 13.5. The van der Waals surface area contributed by atoms with Crippen molar-refractivity contribution in [2.45, 2.75) is 253 Å². The summed E-state index contributed by atoms with van der Waals surface area (Å²) in [7, 11) is 0. The Morgan fingerprint density at radius 2 is 0.829 bits per heavy atom. The summed E-state index contributed by atoms with van der Waals surface area (Å²) in [6, 6.07) is 0. The van der Waals surface area contributed by atoms with Crippen molar-refractivity contribution >= 4 is 11.8 Å². The summed E-state index contributed by atoms with van der Waals surface area (Å²) in [6.07, 6.45) is -15.3. The maximum Gasteiger partial charge on any atom is 0.220 e. The molecule has 0 aliphatic carbocycles. The average Bonchev–Trinajstić information content (AvgIpc) is 3.41. The summed E-state index contributed by atoms with van der Waals surface area (Å²) < 4.78 is 46.7. The van der Waals surface area contributed by atoms with Gasteiger partial charge in [-0.3, -0.25) is 9.59 Å². The van der Waals surface area contributed by atoms with E-state index in [1.165, 1.54) is 0 Å². The van der Waals surface area contributed by atoms with Gasteiger partial charge < -0.3 is 115 Å². The van der Waals surface area contributed by atoms with Gasteiger partial charge >= 0.3 is 0 Å². The third kappa shape index (κ3) is 20.3. The molecule has 4 heterocycles. The van der Waals surface area contributed by atoms with Gasteiger partial charge in [-0.2, -0.15) is 0 Å². The van der Waals surface area contributed by atoms with Crippen LogP contribution in [0.2, 0.25) is 0 Å². The number of nitrogens with one attached hydrogen (secondary N) is 2. The van der Waals surface area contributed by atoms with Crippen LogP contribution in [0.1, 0.15) is 136 Å². The van der Waals surface area contributed by atoms with Gasteiger partial charge in [-0.05, 0) is 12.8 Å². The fourth-order valence-corrected chi connectivity index (χ4v) is 9.79. The number of hydrogen-bond acceptors (Lipinski definition) is 23. The van der Waals surface area contributed by atoms with Crippen molar-refractivity contribution in [3.05, 3.63) is 0 Å². The molecule has 4 aliphatic rings. The van der Waals surface area contributed by atoms with Crippen molar-refractivity contribution in [1.82, 2.24) is 10.6 Å². The number of amides is 2. The SMILES string of the molecule is CCCCCCCCCCC(=O)NCC(CNC(=O)CCCCCCCCCC)(COC1OC(CO)[C@@H](OC2OC(CO)[C@@H](O)C(O)C2O)C(O)C1O)CO[C@H]1OC(CO)[C@@H](O[C@@H]2CC(O)[C@H](O)C(CO)O2)C(O)[C@@H]1O. The molecule has 0 saturated carbocycles. The van der Waals surface area contributed by atoms with Crippen LogP contribution >= 0.6 is 0 Å². The molecule has 15 N–H and O–H groups in total. The number of carbonyl (C=O) groups is 2. The quantitative estimate of drug-likeness (QED) is 0.0290. The third-order valence-electron chi connectivity index (χ3n) is 14.7. The molecule has 19 atom stereocenters. The molecule has 25 nitrogen and oxygen atoms in total. The first kappa shape index (κ1) is 66.6. The molecule has 4 aliphatic heterocycles. The highest BCUT2D eigenvalue weighted by molar-refractivity contribution is 5.76. The Balaban J connectivity index is 1.57. The van der Waals surface area contributed by atoms with Gasteiger partial charge in [-0.25, -0.2) is 0 Å². The molecule has 76 heavy (non-hydrogen) atoms. The zero-order valence-electron chi connectivity index (χ0n) is 44.5. The second kappa shape index (κ2) is 35.1. The van der Waals surface area contributed by atoms with E-state index in [9.17, 15) is 76.0 Å².